The van der Waals surface area contributed by atoms with Crippen molar-refractivity contribution in [2.45, 2.75) is 17.2 Å². The molecule has 0 saturated carbocycles. The maximum Gasteiger partial charge on any atom is 0.464 e. The smallest absolute Gasteiger partial charge is 0.272 e. The van der Waals surface area contributed by atoms with Crippen LogP contribution in [0.15, 0.2) is 12.2 Å². The van der Waals surface area contributed by atoms with Gasteiger partial charge in [-0.1, -0.05) is 3.89 Å². The van der Waals surface area contributed by atoms with E-state index in [1.807, 2.05) is 0 Å². The van der Waals surface area contributed by atoms with Crippen LogP contribution in [0.25, 0.3) is 0 Å². The molecule has 0 aromatic carbocycles. The van der Waals surface area contributed by atoms with E-state index in [9.17, 15) is 55.3 Å². The number of rotatable bonds is 7. The van der Waals surface area contributed by atoms with Gasteiger partial charge in [0.2, 0.25) is 0 Å². The van der Waals surface area contributed by atoms with Crippen molar-refractivity contribution in [3.05, 3.63) is 12.2 Å². The zero-order valence-electron chi connectivity index (χ0n) is 9.54. The van der Waals surface area contributed by atoms with E-state index in [0.29, 0.717) is 0 Å². The third kappa shape index (κ3) is 5.31. The van der Waals surface area contributed by atoms with E-state index >= 15 is 0 Å². The van der Waals surface area contributed by atoms with Gasteiger partial charge < -0.3 is 0 Å². The molecule has 0 rings (SSSR count). The number of halogens is 9. The molecule has 0 amide bonds. The molecule has 1 unspecified atom stereocenters. The molecular weight excluding hydrogens is 387 g/mol. The van der Waals surface area contributed by atoms with Crippen LogP contribution in [0.2, 0.25) is 0 Å². The van der Waals surface area contributed by atoms with Crippen molar-refractivity contribution in [1.29, 1.82) is 0 Å². The summed E-state index contributed by atoms with van der Waals surface area (Å²) >= 11 is 0. The third-order valence-corrected chi connectivity index (χ3v) is 3.23. The lowest BCUT2D eigenvalue weighted by molar-refractivity contribution is -0.366. The van der Waals surface area contributed by atoms with E-state index in [4.69, 9.17) is 0 Å². The summed E-state index contributed by atoms with van der Waals surface area (Å²) in [7, 11) is -13.6. The van der Waals surface area contributed by atoms with Crippen LogP contribution in [0, 0.1) is 0 Å². The molecule has 132 valence electrons. The van der Waals surface area contributed by atoms with Crippen molar-refractivity contribution < 1.29 is 60.1 Å². The van der Waals surface area contributed by atoms with Gasteiger partial charge in [-0.25, -0.2) is 4.39 Å². The quantitative estimate of drug-likeness (QED) is 0.492. The Labute approximate surface area is 116 Å². The Balaban J connectivity index is 5.92. The van der Waals surface area contributed by atoms with Crippen LogP contribution in [-0.2, 0) is 25.2 Å². The first-order valence-electron chi connectivity index (χ1n) is 4.38. The normalized spacial score (nSPS) is 17.0. The Bertz CT molecular complexity index is 650. The van der Waals surface area contributed by atoms with E-state index in [0.717, 1.165) is 0 Å². The molecule has 0 aromatic heterocycles. The van der Waals surface area contributed by atoms with Gasteiger partial charge in [0.1, 0.15) is 5.75 Å². The average molecular weight is 390 g/mol. The van der Waals surface area contributed by atoms with E-state index in [1.165, 1.54) is 0 Å². The zero-order chi connectivity index (χ0) is 18.2. The molecule has 0 N–H and O–H groups in total. The van der Waals surface area contributed by atoms with E-state index in [-0.39, 0.29) is 0 Å². The minimum atomic E-state index is -7.43. The van der Waals surface area contributed by atoms with Crippen LogP contribution in [0.5, 0.6) is 0 Å². The van der Waals surface area contributed by atoms with Crippen LogP contribution in [-0.4, -0.2) is 39.8 Å². The number of alkyl halides is 5. The highest BCUT2D eigenvalue weighted by atomic mass is 32.3. The van der Waals surface area contributed by atoms with Crippen molar-refractivity contribution in [3.8, 4) is 0 Å². The Kier molecular flexibility index (Phi) is 5.60. The van der Waals surface area contributed by atoms with Crippen molar-refractivity contribution in [2.24, 2.45) is 0 Å². The molecule has 0 aliphatic heterocycles. The molecule has 5 nitrogen and oxygen atoms in total. The Hall–Kier alpha value is -1.03. The molecule has 0 radical (unpaired) electrons. The van der Waals surface area contributed by atoms with Gasteiger partial charge in [0, 0.05) is 6.08 Å². The highest BCUT2D eigenvalue weighted by molar-refractivity contribution is 7.87. The van der Waals surface area contributed by atoms with E-state index < -0.39 is 55.6 Å². The summed E-state index contributed by atoms with van der Waals surface area (Å²) in [6, 6.07) is 0. The largest absolute Gasteiger partial charge is 0.464 e. The van der Waals surface area contributed by atoms with Gasteiger partial charge in [-0.05, 0) is 0 Å². The maximum atomic E-state index is 13.4. The highest BCUT2D eigenvalue weighted by Gasteiger charge is 2.71. The molecule has 1 atom stereocenters. The first kappa shape index (κ1) is 21.0. The Morgan fingerprint density at radius 1 is 0.955 bits per heavy atom. The lowest BCUT2D eigenvalue weighted by atomic mass is 10.3. The molecule has 0 saturated heterocycles. The van der Waals surface area contributed by atoms with Gasteiger partial charge in [-0.2, -0.15) is 43.2 Å². The van der Waals surface area contributed by atoms with Crippen molar-refractivity contribution in [3.63, 3.8) is 0 Å². The van der Waals surface area contributed by atoms with E-state index in [2.05, 4.69) is 4.74 Å². The summed E-state index contributed by atoms with van der Waals surface area (Å²) in [5, 5.41) is -6.78. The summed E-state index contributed by atoms with van der Waals surface area (Å²) in [6.45, 7) is 0. The third-order valence-electron chi connectivity index (χ3n) is 1.64. The van der Waals surface area contributed by atoms with Crippen molar-refractivity contribution >= 4 is 20.4 Å². The predicted molar refractivity (Wildman–Crippen MR) is 50.0 cm³/mol. The first-order valence-corrected chi connectivity index (χ1v) is 7.32. The SMILES string of the molecule is O=S(=O)(F)CC(F)(C=C(F)F)OC(F)(F)C(F)(F)S(=O)(=O)F. The molecule has 0 aromatic rings. The predicted octanol–water partition coefficient (Wildman–Crippen LogP) is 2.23. The number of hydrogen-bond donors (Lipinski definition) is 0. The number of hydrogen-bond acceptors (Lipinski definition) is 5. The standard InChI is InChI=1S/C6H3F9O5S2/c7-3(8)1-4(9,2-21(14,16)17)20-5(10,11)6(12,13)22(15,18)19/h1H,2H2. The average Bonchev–Trinajstić information content (AvgIpc) is 2.07. The lowest BCUT2D eigenvalue weighted by Crippen LogP contribution is -2.52. The number of ether oxygens (including phenoxy) is 1. The maximum absolute atomic E-state index is 13.4. The van der Waals surface area contributed by atoms with Crippen molar-refractivity contribution in [2.75, 3.05) is 5.75 Å². The minimum Gasteiger partial charge on any atom is -0.272 e. The summed E-state index contributed by atoms with van der Waals surface area (Å²) in [5.74, 6) is -8.08. The van der Waals surface area contributed by atoms with Gasteiger partial charge in [0.15, 0.2) is 0 Å². The molecule has 0 aliphatic rings. The van der Waals surface area contributed by atoms with Gasteiger partial charge in [-0.3, -0.25) is 4.74 Å². The second kappa shape index (κ2) is 5.88. The van der Waals surface area contributed by atoms with Gasteiger partial charge in [0.05, 0.1) is 0 Å². The fourth-order valence-corrected chi connectivity index (χ4v) is 1.85. The van der Waals surface area contributed by atoms with E-state index in [1.54, 1.807) is 0 Å². The van der Waals surface area contributed by atoms with Crippen molar-refractivity contribution in [1.82, 2.24) is 0 Å². The molecule has 0 spiro atoms. The summed E-state index contributed by atoms with van der Waals surface area (Å²) in [5.41, 5.74) is 0. The zero-order valence-corrected chi connectivity index (χ0v) is 11.2. The monoisotopic (exact) mass is 390 g/mol. The highest BCUT2D eigenvalue weighted by Crippen LogP contribution is 2.44. The van der Waals surface area contributed by atoms with Gasteiger partial charge >= 0.3 is 31.8 Å². The second-order valence-electron chi connectivity index (χ2n) is 3.48. The second-order valence-corrected chi connectivity index (χ2v) is 6.23. The summed E-state index contributed by atoms with van der Waals surface area (Å²) < 4.78 is 154. The lowest BCUT2D eigenvalue weighted by Gasteiger charge is -2.28. The molecule has 22 heavy (non-hydrogen) atoms. The summed E-state index contributed by atoms with van der Waals surface area (Å²) in [6.07, 6.45) is -11.4. The van der Waals surface area contributed by atoms with Crippen LogP contribution in [0.1, 0.15) is 0 Å². The molecule has 0 fully saturated rings. The molecule has 16 heteroatoms. The van der Waals surface area contributed by atoms with Crippen LogP contribution < -0.4 is 0 Å². The Morgan fingerprint density at radius 2 is 1.36 bits per heavy atom. The molecule has 0 heterocycles. The first-order chi connectivity index (χ1) is 9.33. The van der Waals surface area contributed by atoms with Crippen LogP contribution in [0.4, 0.5) is 38.5 Å². The van der Waals surface area contributed by atoms with Gasteiger partial charge in [-0.15, -0.1) is 3.89 Å². The fourth-order valence-electron chi connectivity index (χ4n) is 0.913. The fraction of sp³-hybridized carbons (Fsp3) is 0.667. The van der Waals surface area contributed by atoms with Gasteiger partial charge in [0.25, 0.3) is 11.9 Å². The van der Waals surface area contributed by atoms with Crippen LogP contribution >= 0.6 is 0 Å². The van der Waals surface area contributed by atoms with Crippen LogP contribution in [0.3, 0.4) is 0 Å². The molecule has 0 bridgehead atoms. The topological polar surface area (TPSA) is 77.5 Å². The summed E-state index contributed by atoms with van der Waals surface area (Å²) in [4.78, 5) is 0. The molecule has 0 aliphatic carbocycles. The minimum absolute atomic E-state index is 1.45. The molecular formula is C6H3F9O5S2. The Morgan fingerprint density at radius 3 is 1.64 bits per heavy atom.